The molecule has 1 aliphatic rings. The fraction of sp³-hybridized carbons (Fsp3) is 0.111. The topological polar surface area (TPSA) is 69.7 Å². The fourth-order valence-electron chi connectivity index (χ4n) is 2.46. The number of nitrogens with one attached hydrogen (secondary N) is 1. The van der Waals surface area contributed by atoms with Crippen molar-refractivity contribution >= 4 is 22.5 Å². The molecular weight excluding hydrogens is 308 g/mol. The Balaban J connectivity index is 1.39. The number of amides is 1. The first-order valence-corrected chi connectivity index (χ1v) is 7.45. The van der Waals surface area contributed by atoms with Gasteiger partial charge in [-0.1, -0.05) is 6.07 Å². The van der Waals surface area contributed by atoms with Crippen molar-refractivity contribution in [2.75, 3.05) is 18.7 Å². The van der Waals surface area contributed by atoms with Gasteiger partial charge in [-0.3, -0.25) is 9.78 Å². The molecular formula is C18H14N2O4. The predicted octanol–water partition coefficient (Wildman–Crippen LogP) is 2.98. The number of pyridine rings is 1. The minimum Gasteiger partial charge on any atom is -0.484 e. The second-order valence-electron chi connectivity index (χ2n) is 5.26. The van der Waals surface area contributed by atoms with Crippen LogP contribution in [-0.4, -0.2) is 24.3 Å². The summed E-state index contributed by atoms with van der Waals surface area (Å²) in [4.78, 5) is 16.3. The Bertz CT molecular complexity index is 910. The van der Waals surface area contributed by atoms with E-state index >= 15 is 0 Å². The summed E-state index contributed by atoms with van der Waals surface area (Å²) in [5, 5.41) is 3.73. The molecule has 3 aromatic rings. The minimum absolute atomic E-state index is 0.0831. The lowest BCUT2D eigenvalue weighted by Gasteiger charge is -2.08. The molecule has 0 radical (unpaired) electrons. The molecule has 6 heteroatoms. The molecule has 120 valence electrons. The number of anilines is 1. The smallest absolute Gasteiger partial charge is 0.262 e. The average Bonchev–Trinajstić information content (AvgIpc) is 3.07. The number of ether oxygens (including phenoxy) is 3. The predicted molar refractivity (Wildman–Crippen MR) is 88.4 cm³/mol. The van der Waals surface area contributed by atoms with E-state index in [2.05, 4.69) is 10.3 Å². The van der Waals surface area contributed by atoms with Gasteiger partial charge in [-0.05, 0) is 36.4 Å². The van der Waals surface area contributed by atoms with Crippen LogP contribution in [0, 0.1) is 0 Å². The average molecular weight is 322 g/mol. The van der Waals surface area contributed by atoms with Crippen LogP contribution >= 0.6 is 0 Å². The lowest BCUT2D eigenvalue weighted by atomic mass is 10.2. The van der Waals surface area contributed by atoms with Gasteiger partial charge in [-0.15, -0.1) is 0 Å². The van der Waals surface area contributed by atoms with Crippen LogP contribution in [0.4, 0.5) is 5.69 Å². The maximum atomic E-state index is 12.0. The lowest BCUT2D eigenvalue weighted by molar-refractivity contribution is -0.118. The molecule has 0 spiro atoms. The van der Waals surface area contributed by atoms with E-state index in [0.29, 0.717) is 22.9 Å². The number of hydrogen-bond acceptors (Lipinski definition) is 5. The van der Waals surface area contributed by atoms with Crippen molar-refractivity contribution in [2.45, 2.75) is 0 Å². The van der Waals surface area contributed by atoms with Gasteiger partial charge in [-0.25, -0.2) is 0 Å². The van der Waals surface area contributed by atoms with Crippen LogP contribution in [0.5, 0.6) is 17.2 Å². The summed E-state index contributed by atoms with van der Waals surface area (Å²) in [6, 6.07) is 14.6. The first-order chi connectivity index (χ1) is 11.8. The number of aromatic nitrogens is 1. The molecule has 0 saturated carbocycles. The van der Waals surface area contributed by atoms with Crippen molar-refractivity contribution in [2.24, 2.45) is 0 Å². The molecule has 0 unspecified atom stereocenters. The SMILES string of the molecule is O=C(COc1ccc2ncccc2c1)Nc1ccc2c(c1)OCO2. The molecule has 2 aromatic carbocycles. The maximum Gasteiger partial charge on any atom is 0.262 e. The van der Waals surface area contributed by atoms with Crippen LogP contribution < -0.4 is 19.5 Å². The fourth-order valence-corrected chi connectivity index (χ4v) is 2.46. The van der Waals surface area contributed by atoms with E-state index in [4.69, 9.17) is 14.2 Å². The highest BCUT2D eigenvalue weighted by Gasteiger charge is 2.14. The van der Waals surface area contributed by atoms with Gasteiger partial charge < -0.3 is 19.5 Å². The molecule has 0 saturated heterocycles. The van der Waals surface area contributed by atoms with E-state index in [-0.39, 0.29) is 19.3 Å². The van der Waals surface area contributed by atoms with Gasteiger partial charge in [0.25, 0.3) is 5.91 Å². The molecule has 2 heterocycles. The highest BCUT2D eigenvalue weighted by Crippen LogP contribution is 2.34. The van der Waals surface area contributed by atoms with Crippen molar-refractivity contribution in [1.29, 1.82) is 0 Å². The molecule has 1 aromatic heterocycles. The summed E-state index contributed by atoms with van der Waals surface area (Å²) in [7, 11) is 0. The molecule has 6 nitrogen and oxygen atoms in total. The van der Waals surface area contributed by atoms with Crippen LogP contribution in [0.15, 0.2) is 54.7 Å². The number of fused-ring (bicyclic) bond motifs is 2. The molecule has 4 rings (SSSR count). The van der Waals surface area contributed by atoms with Gasteiger partial charge in [0.05, 0.1) is 5.52 Å². The zero-order chi connectivity index (χ0) is 16.4. The van der Waals surface area contributed by atoms with Crippen molar-refractivity contribution in [3.05, 3.63) is 54.7 Å². The summed E-state index contributed by atoms with van der Waals surface area (Å²) in [6.07, 6.45) is 1.74. The van der Waals surface area contributed by atoms with Gasteiger partial charge in [0.1, 0.15) is 5.75 Å². The maximum absolute atomic E-state index is 12.0. The highest BCUT2D eigenvalue weighted by atomic mass is 16.7. The van der Waals surface area contributed by atoms with E-state index < -0.39 is 0 Å². The molecule has 0 bridgehead atoms. The third-order valence-corrected chi connectivity index (χ3v) is 3.60. The zero-order valence-corrected chi connectivity index (χ0v) is 12.7. The van der Waals surface area contributed by atoms with Crippen molar-refractivity contribution < 1.29 is 19.0 Å². The highest BCUT2D eigenvalue weighted by molar-refractivity contribution is 5.92. The molecule has 0 atom stereocenters. The molecule has 1 N–H and O–H groups in total. The lowest BCUT2D eigenvalue weighted by Crippen LogP contribution is -2.20. The Hall–Kier alpha value is -3.28. The number of hydrogen-bond donors (Lipinski definition) is 1. The quantitative estimate of drug-likeness (QED) is 0.799. The van der Waals surface area contributed by atoms with Crippen LogP contribution in [0.1, 0.15) is 0 Å². The number of benzene rings is 2. The van der Waals surface area contributed by atoms with E-state index in [9.17, 15) is 4.79 Å². The van der Waals surface area contributed by atoms with Crippen LogP contribution in [0.2, 0.25) is 0 Å². The first-order valence-electron chi connectivity index (χ1n) is 7.45. The minimum atomic E-state index is -0.250. The van der Waals surface area contributed by atoms with Gasteiger partial charge >= 0.3 is 0 Å². The van der Waals surface area contributed by atoms with Gasteiger partial charge in [0.15, 0.2) is 18.1 Å². The van der Waals surface area contributed by atoms with E-state index in [1.807, 2.05) is 24.3 Å². The summed E-state index contributed by atoms with van der Waals surface area (Å²) < 4.78 is 16.1. The monoisotopic (exact) mass is 322 g/mol. The van der Waals surface area contributed by atoms with Crippen LogP contribution in [0.25, 0.3) is 10.9 Å². The summed E-state index contributed by atoms with van der Waals surface area (Å²) in [5.41, 5.74) is 1.52. The number of nitrogens with zero attached hydrogens (tertiary/aromatic N) is 1. The van der Waals surface area contributed by atoms with Crippen LogP contribution in [-0.2, 0) is 4.79 Å². The van der Waals surface area contributed by atoms with Crippen molar-refractivity contribution in [1.82, 2.24) is 4.98 Å². The molecule has 1 amide bonds. The third-order valence-electron chi connectivity index (χ3n) is 3.60. The Kier molecular flexibility index (Phi) is 3.63. The van der Waals surface area contributed by atoms with E-state index in [1.54, 1.807) is 30.5 Å². The largest absolute Gasteiger partial charge is 0.484 e. The van der Waals surface area contributed by atoms with E-state index in [1.165, 1.54) is 0 Å². The summed E-state index contributed by atoms with van der Waals surface area (Å²) in [6.45, 7) is 0.118. The molecule has 0 aliphatic carbocycles. The Morgan fingerprint density at radius 2 is 2.04 bits per heavy atom. The summed E-state index contributed by atoms with van der Waals surface area (Å²) >= 11 is 0. The molecule has 0 fully saturated rings. The second kappa shape index (κ2) is 6.08. The first kappa shape index (κ1) is 14.3. The van der Waals surface area contributed by atoms with Crippen molar-refractivity contribution in [3.63, 3.8) is 0 Å². The Morgan fingerprint density at radius 3 is 3.00 bits per heavy atom. The van der Waals surface area contributed by atoms with Gasteiger partial charge in [0.2, 0.25) is 6.79 Å². The number of carbonyl (C=O) groups is 1. The standard InChI is InChI=1S/C18H14N2O4/c21-18(20-13-3-6-16-17(9-13)24-11-23-16)10-22-14-4-5-15-12(8-14)2-1-7-19-15/h1-9H,10-11H2,(H,20,21). The number of carbonyl (C=O) groups excluding carboxylic acids is 1. The van der Waals surface area contributed by atoms with Gasteiger partial charge in [0, 0.05) is 23.3 Å². The Morgan fingerprint density at radius 1 is 1.12 bits per heavy atom. The normalized spacial score (nSPS) is 12.2. The molecule has 24 heavy (non-hydrogen) atoms. The second-order valence-corrected chi connectivity index (χ2v) is 5.26. The number of rotatable bonds is 4. The summed E-state index contributed by atoms with van der Waals surface area (Å²) in [5.74, 6) is 1.67. The zero-order valence-electron chi connectivity index (χ0n) is 12.7. The van der Waals surface area contributed by atoms with Gasteiger partial charge in [-0.2, -0.15) is 0 Å². The van der Waals surface area contributed by atoms with Crippen LogP contribution in [0.3, 0.4) is 0 Å². The van der Waals surface area contributed by atoms with Crippen molar-refractivity contribution in [3.8, 4) is 17.2 Å². The Labute approximate surface area is 138 Å². The third kappa shape index (κ3) is 2.94. The van der Waals surface area contributed by atoms with E-state index in [0.717, 1.165) is 10.9 Å². The molecule has 1 aliphatic heterocycles.